The Balaban J connectivity index is 1.90. The second-order valence-electron chi connectivity index (χ2n) is 7.68. The first-order chi connectivity index (χ1) is 13.1. The molecule has 1 aromatic carbocycles. The molecule has 0 aromatic heterocycles. The minimum Gasteiger partial charge on any atom is -0.336 e. The number of rotatable bonds is 5. The zero-order valence-corrected chi connectivity index (χ0v) is 17.3. The van der Waals surface area contributed by atoms with E-state index in [1.807, 2.05) is 0 Å². The van der Waals surface area contributed by atoms with Gasteiger partial charge in [-0.3, -0.25) is 9.59 Å². The van der Waals surface area contributed by atoms with Crippen molar-refractivity contribution in [2.24, 2.45) is 5.92 Å². The first-order valence-corrected chi connectivity index (χ1v) is 11.1. The number of nitriles is 1. The zero-order valence-electron chi connectivity index (χ0n) is 15.7. The van der Waals surface area contributed by atoms with E-state index in [4.69, 9.17) is 11.6 Å². The van der Waals surface area contributed by atoms with Gasteiger partial charge in [0.25, 0.3) is 0 Å². The van der Waals surface area contributed by atoms with Crippen molar-refractivity contribution in [3.63, 3.8) is 0 Å². The summed E-state index contributed by atoms with van der Waals surface area (Å²) in [7, 11) is -3.83. The Kier molecular flexibility index (Phi) is 5.43. The predicted octanol–water partition coefficient (Wildman–Crippen LogP) is 1.91. The van der Waals surface area contributed by atoms with Crippen LogP contribution in [0.5, 0.6) is 0 Å². The fourth-order valence-electron chi connectivity index (χ4n) is 3.41. The van der Waals surface area contributed by atoms with E-state index in [1.165, 1.54) is 17.0 Å². The lowest BCUT2D eigenvalue weighted by Gasteiger charge is -2.26. The van der Waals surface area contributed by atoms with Crippen LogP contribution in [-0.2, 0) is 19.4 Å². The lowest BCUT2D eigenvalue weighted by Crippen LogP contribution is -2.50. The number of benzene rings is 1. The van der Waals surface area contributed by atoms with Crippen LogP contribution in [0, 0.1) is 17.2 Å². The molecule has 0 bridgehead atoms. The Hall–Kier alpha value is -2.11. The molecule has 2 unspecified atom stereocenters. The maximum absolute atomic E-state index is 13.1. The van der Waals surface area contributed by atoms with Gasteiger partial charge in [-0.2, -0.15) is 5.26 Å². The van der Waals surface area contributed by atoms with Gasteiger partial charge in [0.1, 0.15) is 11.6 Å². The summed E-state index contributed by atoms with van der Waals surface area (Å²) in [5.74, 6) is -1.16. The number of hydrogen-bond donors (Lipinski definition) is 1. The van der Waals surface area contributed by atoms with Crippen molar-refractivity contribution in [2.45, 2.75) is 54.8 Å². The summed E-state index contributed by atoms with van der Waals surface area (Å²) < 4.78 is 26.2. The topological polar surface area (TPSA) is 107 Å². The molecule has 7 nitrogen and oxygen atoms in total. The van der Waals surface area contributed by atoms with E-state index in [2.05, 4.69) is 11.4 Å². The standard InChI is InChI=1S/C19H22ClN3O4S/c1-12(2)18(25)23-10-13(28(26,27)16-6-4-3-5-14(16)20)9-15(23)17(24)22-19(11-21)7-8-19/h3-6,12-13,15H,7-10H2,1-2H3,(H,22,24). The van der Waals surface area contributed by atoms with Gasteiger partial charge in [0.15, 0.2) is 9.84 Å². The predicted molar refractivity (Wildman–Crippen MR) is 103 cm³/mol. The third-order valence-electron chi connectivity index (χ3n) is 5.25. The Morgan fingerprint density at radius 3 is 2.50 bits per heavy atom. The number of sulfone groups is 1. The van der Waals surface area contributed by atoms with Crippen LogP contribution in [0.25, 0.3) is 0 Å². The maximum atomic E-state index is 13.1. The quantitative estimate of drug-likeness (QED) is 0.778. The summed E-state index contributed by atoms with van der Waals surface area (Å²) in [6.07, 6.45) is 1.09. The highest BCUT2D eigenvalue weighted by atomic mass is 35.5. The average molecular weight is 424 g/mol. The monoisotopic (exact) mass is 423 g/mol. The molecule has 2 amide bonds. The average Bonchev–Trinajstić information content (AvgIpc) is 3.27. The minimum absolute atomic E-state index is 0.00430. The van der Waals surface area contributed by atoms with Crippen molar-refractivity contribution in [2.75, 3.05) is 6.54 Å². The highest BCUT2D eigenvalue weighted by molar-refractivity contribution is 7.92. The van der Waals surface area contributed by atoms with Crippen LogP contribution >= 0.6 is 11.6 Å². The summed E-state index contributed by atoms with van der Waals surface area (Å²) >= 11 is 6.07. The number of carbonyl (C=O) groups excluding carboxylic acids is 2. The number of halogens is 1. The molecule has 1 N–H and O–H groups in total. The smallest absolute Gasteiger partial charge is 0.244 e. The summed E-state index contributed by atoms with van der Waals surface area (Å²) in [5.41, 5.74) is -0.886. The lowest BCUT2D eigenvalue weighted by molar-refractivity contribution is -0.141. The summed E-state index contributed by atoms with van der Waals surface area (Å²) in [4.78, 5) is 26.8. The Labute approximate surface area is 169 Å². The Morgan fingerprint density at radius 1 is 1.32 bits per heavy atom. The number of likely N-dealkylation sites (tertiary alicyclic amines) is 1. The van der Waals surface area contributed by atoms with Crippen molar-refractivity contribution in [1.29, 1.82) is 5.26 Å². The van der Waals surface area contributed by atoms with E-state index >= 15 is 0 Å². The van der Waals surface area contributed by atoms with E-state index in [0.717, 1.165) is 0 Å². The summed E-state index contributed by atoms with van der Waals surface area (Å²) in [6.45, 7) is 3.32. The largest absolute Gasteiger partial charge is 0.336 e. The van der Waals surface area contributed by atoms with Gasteiger partial charge >= 0.3 is 0 Å². The number of nitrogens with one attached hydrogen (secondary N) is 1. The van der Waals surface area contributed by atoms with Gasteiger partial charge < -0.3 is 10.2 Å². The molecule has 1 aromatic rings. The maximum Gasteiger partial charge on any atom is 0.244 e. The second-order valence-corrected chi connectivity index (χ2v) is 10.3. The molecule has 1 aliphatic carbocycles. The lowest BCUT2D eigenvalue weighted by atomic mass is 10.1. The van der Waals surface area contributed by atoms with Gasteiger partial charge in [-0.25, -0.2) is 8.42 Å². The number of hydrogen-bond acceptors (Lipinski definition) is 5. The first-order valence-electron chi connectivity index (χ1n) is 9.13. The number of nitrogens with zero attached hydrogens (tertiary/aromatic N) is 2. The van der Waals surface area contributed by atoms with E-state index in [1.54, 1.807) is 26.0 Å². The van der Waals surface area contributed by atoms with Crippen LogP contribution in [0.1, 0.15) is 33.1 Å². The Morgan fingerprint density at radius 2 is 1.96 bits per heavy atom. The van der Waals surface area contributed by atoms with Crippen LogP contribution in [0.3, 0.4) is 0 Å². The van der Waals surface area contributed by atoms with Crippen LogP contribution in [0.2, 0.25) is 5.02 Å². The minimum atomic E-state index is -3.83. The molecule has 1 heterocycles. The van der Waals surface area contributed by atoms with Gasteiger partial charge in [0, 0.05) is 12.5 Å². The van der Waals surface area contributed by atoms with Crippen LogP contribution in [-0.4, -0.2) is 48.5 Å². The molecule has 2 fully saturated rings. The van der Waals surface area contributed by atoms with Crippen LogP contribution < -0.4 is 5.32 Å². The first kappa shape index (κ1) is 20.6. The van der Waals surface area contributed by atoms with Crippen LogP contribution in [0.15, 0.2) is 29.2 Å². The number of carbonyl (C=O) groups is 2. The molecule has 1 aliphatic heterocycles. The zero-order chi connectivity index (χ0) is 20.7. The summed E-state index contributed by atoms with van der Waals surface area (Å²) in [5, 5.41) is 11.1. The van der Waals surface area contributed by atoms with Gasteiger partial charge in [0.05, 0.1) is 21.2 Å². The highest BCUT2D eigenvalue weighted by Crippen LogP contribution is 2.36. The normalized spacial score (nSPS) is 23.3. The molecule has 2 aliphatic rings. The van der Waals surface area contributed by atoms with Gasteiger partial charge in [0.2, 0.25) is 11.8 Å². The van der Waals surface area contributed by atoms with Gasteiger partial charge in [-0.1, -0.05) is 37.6 Å². The molecule has 150 valence electrons. The molecular weight excluding hydrogens is 402 g/mol. The molecule has 0 spiro atoms. The fraction of sp³-hybridized carbons (Fsp3) is 0.526. The van der Waals surface area contributed by atoms with Crippen molar-refractivity contribution in [3.8, 4) is 6.07 Å². The van der Waals surface area contributed by atoms with Crippen molar-refractivity contribution in [3.05, 3.63) is 29.3 Å². The molecular formula is C19H22ClN3O4S. The molecule has 1 saturated heterocycles. The molecule has 28 heavy (non-hydrogen) atoms. The summed E-state index contributed by atoms with van der Waals surface area (Å²) in [6, 6.07) is 7.29. The third kappa shape index (κ3) is 3.74. The second kappa shape index (κ2) is 7.37. The number of amides is 2. The van der Waals surface area contributed by atoms with Crippen molar-refractivity contribution >= 4 is 33.3 Å². The third-order valence-corrected chi connectivity index (χ3v) is 7.88. The van der Waals surface area contributed by atoms with E-state index in [-0.39, 0.29) is 34.7 Å². The van der Waals surface area contributed by atoms with E-state index in [0.29, 0.717) is 12.8 Å². The molecule has 3 rings (SSSR count). The van der Waals surface area contributed by atoms with Crippen LogP contribution in [0.4, 0.5) is 0 Å². The highest BCUT2D eigenvalue weighted by Gasteiger charge is 2.50. The van der Waals surface area contributed by atoms with Gasteiger partial charge in [-0.15, -0.1) is 0 Å². The Bertz CT molecular complexity index is 950. The van der Waals surface area contributed by atoms with Gasteiger partial charge in [-0.05, 0) is 31.4 Å². The molecule has 0 radical (unpaired) electrons. The van der Waals surface area contributed by atoms with E-state index < -0.39 is 32.6 Å². The fourth-order valence-corrected chi connectivity index (χ4v) is 5.63. The molecule has 9 heteroatoms. The SMILES string of the molecule is CC(C)C(=O)N1CC(S(=O)(=O)c2ccccc2Cl)CC1C(=O)NC1(C#N)CC1. The molecule has 1 saturated carbocycles. The van der Waals surface area contributed by atoms with Crippen molar-refractivity contribution in [1.82, 2.24) is 10.2 Å². The van der Waals surface area contributed by atoms with E-state index in [9.17, 15) is 23.3 Å². The molecule has 2 atom stereocenters. The van der Waals surface area contributed by atoms with Crippen molar-refractivity contribution < 1.29 is 18.0 Å².